The summed E-state index contributed by atoms with van der Waals surface area (Å²) < 4.78 is 5.33. The number of hydrogen-bond donors (Lipinski definition) is 1. The van der Waals surface area contributed by atoms with E-state index in [0.717, 1.165) is 16.9 Å². The Morgan fingerprint density at radius 1 is 1.26 bits per heavy atom. The monoisotopic (exact) mass is 257 g/mol. The average Bonchev–Trinajstić information content (AvgIpc) is 2.40. The van der Waals surface area contributed by atoms with E-state index in [-0.39, 0.29) is 0 Å². The molecule has 3 nitrogen and oxygen atoms in total. The van der Waals surface area contributed by atoms with Gasteiger partial charge in [0, 0.05) is 25.2 Å². The molecular formula is C16H19NO2. The molecule has 3 heteroatoms. The van der Waals surface area contributed by atoms with E-state index in [1.807, 2.05) is 31.2 Å². The Hall–Kier alpha value is -1.87. The van der Waals surface area contributed by atoms with Crippen molar-refractivity contribution in [1.29, 1.82) is 0 Å². The van der Waals surface area contributed by atoms with Crippen LogP contribution in [0.15, 0.2) is 42.7 Å². The molecule has 0 spiro atoms. The molecule has 1 aromatic heterocycles. The first-order valence-corrected chi connectivity index (χ1v) is 6.39. The number of rotatable bonds is 5. The molecule has 0 aliphatic heterocycles. The summed E-state index contributed by atoms with van der Waals surface area (Å²) in [4.78, 5) is 4.06. The van der Waals surface area contributed by atoms with Crippen molar-refractivity contribution in [3.63, 3.8) is 0 Å². The first-order valence-electron chi connectivity index (χ1n) is 6.39. The number of benzene rings is 1. The van der Waals surface area contributed by atoms with E-state index in [9.17, 15) is 5.11 Å². The molecule has 1 heterocycles. The molecule has 2 aromatic rings. The van der Waals surface area contributed by atoms with E-state index < -0.39 is 6.10 Å². The zero-order chi connectivity index (χ0) is 13.7. The Morgan fingerprint density at radius 3 is 2.79 bits per heavy atom. The van der Waals surface area contributed by atoms with Crippen LogP contribution in [-0.2, 0) is 12.8 Å². The van der Waals surface area contributed by atoms with Crippen LogP contribution >= 0.6 is 0 Å². The molecular weight excluding hydrogens is 238 g/mol. The number of aryl methyl sites for hydroxylation is 1. The summed E-state index contributed by atoms with van der Waals surface area (Å²) in [5.74, 6) is 0.829. The summed E-state index contributed by atoms with van der Waals surface area (Å²) in [7, 11) is 1.65. The number of methoxy groups -OCH3 is 1. The summed E-state index contributed by atoms with van der Waals surface area (Å²) in [6, 6.07) is 9.88. The Kier molecular flexibility index (Phi) is 4.53. The molecule has 1 N–H and O–H groups in total. The van der Waals surface area contributed by atoms with Crippen LogP contribution in [-0.4, -0.2) is 23.3 Å². The van der Waals surface area contributed by atoms with E-state index in [1.165, 1.54) is 5.56 Å². The lowest BCUT2D eigenvalue weighted by molar-refractivity contribution is 0.174. The Bertz CT molecular complexity index is 526. The van der Waals surface area contributed by atoms with E-state index >= 15 is 0 Å². The van der Waals surface area contributed by atoms with Gasteiger partial charge in [0.05, 0.1) is 13.2 Å². The molecule has 0 saturated carbocycles. The lowest BCUT2D eigenvalue weighted by Crippen LogP contribution is -2.14. The van der Waals surface area contributed by atoms with Gasteiger partial charge in [0.25, 0.3) is 0 Å². The van der Waals surface area contributed by atoms with Crippen molar-refractivity contribution >= 4 is 0 Å². The minimum atomic E-state index is -0.431. The molecule has 1 atom stereocenters. The number of aromatic nitrogens is 1. The molecule has 0 radical (unpaired) electrons. The van der Waals surface area contributed by atoms with Crippen molar-refractivity contribution in [3.05, 3.63) is 59.4 Å². The summed E-state index contributed by atoms with van der Waals surface area (Å²) in [5.41, 5.74) is 3.25. The van der Waals surface area contributed by atoms with Gasteiger partial charge in [-0.3, -0.25) is 4.98 Å². The third-order valence-corrected chi connectivity index (χ3v) is 3.09. The molecule has 2 rings (SSSR count). The van der Waals surface area contributed by atoms with Crippen molar-refractivity contribution in [2.24, 2.45) is 0 Å². The molecule has 19 heavy (non-hydrogen) atoms. The quantitative estimate of drug-likeness (QED) is 0.895. The molecule has 1 aromatic carbocycles. The summed E-state index contributed by atoms with van der Waals surface area (Å²) in [6.45, 7) is 2.04. The lowest BCUT2D eigenvalue weighted by Gasteiger charge is -2.14. The third-order valence-electron chi connectivity index (χ3n) is 3.09. The van der Waals surface area contributed by atoms with Crippen LogP contribution in [0.4, 0.5) is 0 Å². The highest BCUT2D eigenvalue weighted by Crippen LogP contribution is 2.22. The van der Waals surface area contributed by atoms with Gasteiger partial charge in [-0.05, 0) is 30.2 Å². The smallest absolute Gasteiger partial charge is 0.122 e. The fourth-order valence-electron chi connectivity index (χ4n) is 2.18. The predicted molar refractivity (Wildman–Crippen MR) is 75.4 cm³/mol. The second-order valence-corrected chi connectivity index (χ2v) is 4.74. The highest BCUT2D eigenvalue weighted by Gasteiger charge is 2.11. The lowest BCUT2D eigenvalue weighted by atomic mass is 10.0. The first-order chi connectivity index (χ1) is 9.19. The second-order valence-electron chi connectivity index (χ2n) is 4.74. The highest BCUT2D eigenvalue weighted by atomic mass is 16.5. The summed E-state index contributed by atoms with van der Waals surface area (Å²) in [5, 5.41) is 10.2. The number of aliphatic hydroxyl groups is 1. The van der Waals surface area contributed by atoms with Crippen LogP contribution in [0.1, 0.15) is 16.7 Å². The van der Waals surface area contributed by atoms with Gasteiger partial charge in [-0.1, -0.05) is 23.8 Å². The number of hydrogen-bond acceptors (Lipinski definition) is 3. The number of aliphatic hydroxyl groups excluding tert-OH is 1. The third kappa shape index (κ3) is 3.80. The summed E-state index contributed by atoms with van der Waals surface area (Å²) in [6.07, 6.45) is 4.28. The van der Waals surface area contributed by atoms with Crippen LogP contribution in [0.2, 0.25) is 0 Å². The van der Waals surface area contributed by atoms with Crippen molar-refractivity contribution in [2.75, 3.05) is 7.11 Å². The van der Waals surface area contributed by atoms with E-state index in [4.69, 9.17) is 4.74 Å². The van der Waals surface area contributed by atoms with Crippen LogP contribution in [0.3, 0.4) is 0 Å². The normalized spacial score (nSPS) is 12.2. The van der Waals surface area contributed by atoms with Gasteiger partial charge in [0.2, 0.25) is 0 Å². The second kappa shape index (κ2) is 6.34. The van der Waals surface area contributed by atoms with Crippen LogP contribution < -0.4 is 4.74 Å². The number of nitrogens with zero attached hydrogens (tertiary/aromatic N) is 1. The minimum absolute atomic E-state index is 0.431. The fraction of sp³-hybridized carbons (Fsp3) is 0.312. The van der Waals surface area contributed by atoms with Crippen molar-refractivity contribution in [3.8, 4) is 5.75 Å². The van der Waals surface area contributed by atoms with Crippen LogP contribution in [0, 0.1) is 6.92 Å². The van der Waals surface area contributed by atoms with Gasteiger partial charge >= 0.3 is 0 Å². The predicted octanol–water partition coefficient (Wildman–Crippen LogP) is 2.54. The van der Waals surface area contributed by atoms with Gasteiger partial charge in [-0.25, -0.2) is 0 Å². The fourth-order valence-corrected chi connectivity index (χ4v) is 2.18. The van der Waals surface area contributed by atoms with Gasteiger partial charge in [-0.15, -0.1) is 0 Å². The maximum absolute atomic E-state index is 10.2. The molecule has 100 valence electrons. The number of pyridine rings is 1. The maximum atomic E-state index is 10.2. The molecule has 0 aliphatic rings. The molecule has 1 unspecified atom stereocenters. The van der Waals surface area contributed by atoms with Crippen LogP contribution in [0.25, 0.3) is 0 Å². The van der Waals surface area contributed by atoms with Gasteiger partial charge in [0.1, 0.15) is 5.75 Å². The first kappa shape index (κ1) is 13.6. The van der Waals surface area contributed by atoms with Crippen molar-refractivity contribution < 1.29 is 9.84 Å². The Morgan fingerprint density at radius 2 is 2.11 bits per heavy atom. The van der Waals surface area contributed by atoms with E-state index in [0.29, 0.717) is 12.8 Å². The largest absolute Gasteiger partial charge is 0.496 e. The zero-order valence-electron chi connectivity index (χ0n) is 11.3. The molecule has 0 aliphatic carbocycles. The Balaban J connectivity index is 2.06. The molecule has 0 saturated heterocycles. The summed E-state index contributed by atoms with van der Waals surface area (Å²) >= 11 is 0. The van der Waals surface area contributed by atoms with Gasteiger partial charge in [0.15, 0.2) is 0 Å². The molecule has 0 fully saturated rings. The highest BCUT2D eigenvalue weighted by molar-refractivity contribution is 5.37. The maximum Gasteiger partial charge on any atom is 0.122 e. The molecule has 0 amide bonds. The zero-order valence-corrected chi connectivity index (χ0v) is 11.3. The van der Waals surface area contributed by atoms with Crippen molar-refractivity contribution in [2.45, 2.75) is 25.9 Å². The van der Waals surface area contributed by atoms with Crippen molar-refractivity contribution in [1.82, 2.24) is 4.98 Å². The topological polar surface area (TPSA) is 42.4 Å². The standard InChI is InChI=1S/C16H19NO2/c1-12-5-6-16(19-2)14(8-12)10-15(18)9-13-4-3-7-17-11-13/h3-8,11,15,18H,9-10H2,1-2H3. The molecule has 0 bridgehead atoms. The van der Waals surface area contributed by atoms with Crippen LogP contribution in [0.5, 0.6) is 5.75 Å². The minimum Gasteiger partial charge on any atom is -0.496 e. The Labute approximate surface area is 113 Å². The van der Waals surface area contributed by atoms with E-state index in [1.54, 1.807) is 19.5 Å². The van der Waals surface area contributed by atoms with Gasteiger partial charge < -0.3 is 9.84 Å². The number of ether oxygens (including phenoxy) is 1. The SMILES string of the molecule is COc1ccc(C)cc1CC(O)Cc1cccnc1. The van der Waals surface area contributed by atoms with E-state index in [2.05, 4.69) is 11.1 Å². The van der Waals surface area contributed by atoms with Gasteiger partial charge in [-0.2, -0.15) is 0 Å². The average molecular weight is 257 g/mol.